The third-order valence-corrected chi connectivity index (χ3v) is 3.33. The van der Waals surface area contributed by atoms with E-state index < -0.39 is 48.0 Å². The van der Waals surface area contributed by atoms with E-state index in [1.165, 1.54) is 0 Å². The van der Waals surface area contributed by atoms with Gasteiger partial charge in [0.15, 0.2) is 0 Å². The molecule has 0 aromatic heterocycles. The summed E-state index contributed by atoms with van der Waals surface area (Å²) >= 11 is 0. The van der Waals surface area contributed by atoms with Crippen molar-refractivity contribution < 1.29 is 69.1 Å². The van der Waals surface area contributed by atoms with E-state index in [0.29, 0.717) is 14.2 Å². The minimum absolute atomic E-state index is 0.0136. The Labute approximate surface area is 146 Å². The summed E-state index contributed by atoms with van der Waals surface area (Å²) < 4.78 is 123. The maximum absolute atomic E-state index is 13.8. The summed E-state index contributed by atoms with van der Waals surface area (Å²) in [6.45, 7) is 0.0136. The first kappa shape index (κ1) is 25.7. The van der Waals surface area contributed by atoms with Crippen LogP contribution in [0, 0.1) is 0 Å². The van der Waals surface area contributed by atoms with Gasteiger partial charge in [0.05, 0.1) is 0 Å². The first-order valence-electron chi connectivity index (χ1n) is 6.62. The van der Waals surface area contributed by atoms with E-state index in [1.807, 2.05) is 0 Å². The van der Waals surface area contributed by atoms with Crippen molar-refractivity contribution >= 4 is 5.97 Å². The molecule has 0 rings (SSSR count). The van der Waals surface area contributed by atoms with Gasteiger partial charge in [0, 0.05) is 21.3 Å². The molecule has 3 unspecified atom stereocenters. The first-order valence-corrected chi connectivity index (χ1v) is 6.62. The Hall–Kier alpha value is -1.29. The molecule has 0 aliphatic rings. The van der Waals surface area contributed by atoms with Crippen LogP contribution < -0.4 is 0 Å². The number of carbonyl (C=O) groups is 1. The van der Waals surface area contributed by atoms with Crippen molar-refractivity contribution in [1.82, 2.24) is 0 Å². The SMILES string of the molecule is COC(O)C(F)(F)C(F)(F)C(OC)OC(=O)C(F)(F)C(F)(F)C(C)(O)OC. The zero-order valence-electron chi connectivity index (χ0n) is 14.1. The molecule has 7 nitrogen and oxygen atoms in total. The molecule has 0 saturated carbocycles. The van der Waals surface area contributed by atoms with Crippen LogP contribution in [-0.4, -0.2) is 79.6 Å². The standard InChI is InChI=1S/C12H16F8O7/c1-8(23,26-4)12(19,20)10(15,16)6(22)27-7(25-3)11(17,18)9(13,14)5(21)24-2/h5,7,21,23H,1-4H3. The molecular formula is C12H16F8O7. The zero-order chi connectivity index (χ0) is 22.1. The lowest BCUT2D eigenvalue weighted by Gasteiger charge is -2.37. The van der Waals surface area contributed by atoms with E-state index in [0.717, 1.165) is 0 Å². The third-order valence-electron chi connectivity index (χ3n) is 3.33. The molecule has 162 valence electrons. The number of hydrogen-bond acceptors (Lipinski definition) is 7. The Morgan fingerprint density at radius 2 is 1.33 bits per heavy atom. The second kappa shape index (κ2) is 7.98. The van der Waals surface area contributed by atoms with Gasteiger partial charge in [-0.25, -0.2) is 4.79 Å². The van der Waals surface area contributed by atoms with Gasteiger partial charge in [-0.15, -0.1) is 0 Å². The Bertz CT molecular complexity index is 526. The highest BCUT2D eigenvalue weighted by Gasteiger charge is 2.74. The van der Waals surface area contributed by atoms with E-state index in [2.05, 4.69) is 18.9 Å². The Kier molecular flexibility index (Phi) is 7.60. The summed E-state index contributed by atoms with van der Waals surface area (Å²) in [5, 5.41) is 17.9. The van der Waals surface area contributed by atoms with Crippen molar-refractivity contribution in [3.05, 3.63) is 0 Å². The molecule has 0 bridgehead atoms. The normalized spacial score (nSPS) is 18.6. The lowest BCUT2D eigenvalue weighted by molar-refractivity contribution is -0.376. The van der Waals surface area contributed by atoms with Gasteiger partial charge in [-0.1, -0.05) is 0 Å². The smallest absolute Gasteiger partial charge is 0.410 e. The number of hydrogen-bond donors (Lipinski definition) is 2. The van der Waals surface area contributed by atoms with Gasteiger partial charge in [-0.3, -0.25) is 0 Å². The Morgan fingerprint density at radius 1 is 0.889 bits per heavy atom. The van der Waals surface area contributed by atoms with Gasteiger partial charge < -0.3 is 29.2 Å². The van der Waals surface area contributed by atoms with Gasteiger partial charge in [-0.05, 0) is 6.92 Å². The number of rotatable bonds is 10. The number of halogens is 8. The van der Waals surface area contributed by atoms with Crippen molar-refractivity contribution in [1.29, 1.82) is 0 Å². The van der Waals surface area contributed by atoms with Crippen LogP contribution in [0.15, 0.2) is 0 Å². The van der Waals surface area contributed by atoms with Gasteiger partial charge in [0.25, 0.3) is 6.29 Å². The third kappa shape index (κ3) is 4.26. The second-order valence-electron chi connectivity index (χ2n) is 5.14. The maximum atomic E-state index is 13.8. The maximum Gasteiger partial charge on any atom is 0.410 e. The number of carbonyl (C=O) groups excluding carboxylic acids is 1. The van der Waals surface area contributed by atoms with Crippen molar-refractivity contribution in [2.75, 3.05) is 21.3 Å². The highest BCUT2D eigenvalue weighted by Crippen LogP contribution is 2.46. The molecule has 0 aromatic rings. The molecule has 0 fully saturated rings. The van der Waals surface area contributed by atoms with E-state index in [4.69, 9.17) is 10.2 Å². The van der Waals surface area contributed by atoms with Crippen molar-refractivity contribution in [2.45, 2.75) is 49.0 Å². The number of aliphatic hydroxyl groups excluding tert-OH is 1. The average Bonchev–Trinajstić information content (AvgIpc) is 2.57. The van der Waals surface area contributed by atoms with Crippen molar-refractivity contribution in [3.63, 3.8) is 0 Å². The minimum Gasteiger partial charge on any atom is -0.424 e. The molecular weight excluding hydrogens is 408 g/mol. The topological polar surface area (TPSA) is 94.5 Å². The molecule has 0 saturated heterocycles. The molecule has 0 aliphatic heterocycles. The molecule has 3 atom stereocenters. The zero-order valence-corrected chi connectivity index (χ0v) is 14.1. The largest absolute Gasteiger partial charge is 0.424 e. The van der Waals surface area contributed by atoms with Crippen LogP contribution in [-0.2, 0) is 23.7 Å². The summed E-state index contributed by atoms with van der Waals surface area (Å²) in [4.78, 5) is 11.3. The number of ether oxygens (including phenoxy) is 4. The van der Waals surface area contributed by atoms with Crippen molar-refractivity contribution in [3.8, 4) is 0 Å². The first-order chi connectivity index (χ1) is 11.9. The predicted octanol–water partition coefficient (Wildman–Crippen LogP) is 1.36. The number of aliphatic hydroxyl groups is 2. The van der Waals surface area contributed by atoms with Gasteiger partial charge in [-0.2, -0.15) is 35.1 Å². The average molecular weight is 424 g/mol. The molecule has 27 heavy (non-hydrogen) atoms. The lowest BCUT2D eigenvalue weighted by atomic mass is 10.0. The summed E-state index contributed by atoms with van der Waals surface area (Å²) in [5.74, 6) is -30.4. The van der Waals surface area contributed by atoms with Crippen LogP contribution in [0.3, 0.4) is 0 Å². The van der Waals surface area contributed by atoms with E-state index in [-0.39, 0.29) is 14.0 Å². The van der Waals surface area contributed by atoms with Gasteiger partial charge in [0.2, 0.25) is 12.1 Å². The molecule has 0 aromatic carbocycles. The van der Waals surface area contributed by atoms with Gasteiger partial charge in [0.1, 0.15) is 0 Å². The lowest BCUT2D eigenvalue weighted by Crippen LogP contribution is -2.63. The molecule has 0 spiro atoms. The van der Waals surface area contributed by atoms with Crippen LogP contribution in [0.4, 0.5) is 35.1 Å². The minimum atomic E-state index is -6.02. The molecule has 15 heteroatoms. The fraction of sp³-hybridized carbons (Fsp3) is 0.917. The van der Waals surface area contributed by atoms with E-state index >= 15 is 0 Å². The van der Waals surface area contributed by atoms with E-state index in [9.17, 15) is 39.9 Å². The molecule has 0 aliphatic carbocycles. The number of esters is 1. The van der Waals surface area contributed by atoms with E-state index in [1.54, 1.807) is 0 Å². The molecule has 0 amide bonds. The van der Waals surface area contributed by atoms with Crippen LogP contribution >= 0.6 is 0 Å². The Balaban J connectivity index is 5.81. The quantitative estimate of drug-likeness (QED) is 0.311. The summed E-state index contributed by atoms with van der Waals surface area (Å²) in [6.07, 6.45) is -7.35. The van der Waals surface area contributed by atoms with Crippen LogP contribution in [0.5, 0.6) is 0 Å². The summed E-state index contributed by atoms with van der Waals surface area (Å²) in [5.41, 5.74) is 0. The molecule has 0 radical (unpaired) electrons. The predicted molar refractivity (Wildman–Crippen MR) is 67.3 cm³/mol. The summed E-state index contributed by atoms with van der Waals surface area (Å²) in [6, 6.07) is 0. The Morgan fingerprint density at radius 3 is 1.67 bits per heavy atom. The fourth-order valence-corrected chi connectivity index (χ4v) is 1.46. The molecule has 2 N–H and O–H groups in total. The fourth-order valence-electron chi connectivity index (χ4n) is 1.46. The van der Waals surface area contributed by atoms with Crippen LogP contribution in [0.25, 0.3) is 0 Å². The summed E-state index contributed by atoms with van der Waals surface area (Å²) in [7, 11) is 0.931. The molecule has 0 heterocycles. The monoisotopic (exact) mass is 424 g/mol. The highest BCUT2D eigenvalue weighted by molar-refractivity contribution is 5.79. The number of alkyl halides is 8. The number of methoxy groups -OCH3 is 3. The van der Waals surface area contributed by atoms with Crippen LogP contribution in [0.1, 0.15) is 6.92 Å². The highest BCUT2D eigenvalue weighted by atomic mass is 19.3. The van der Waals surface area contributed by atoms with Crippen molar-refractivity contribution in [2.24, 2.45) is 0 Å². The second-order valence-corrected chi connectivity index (χ2v) is 5.14. The van der Waals surface area contributed by atoms with Crippen LogP contribution in [0.2, 0.25) is 0 Å². The van der Waals surface area contributed by atoms with Gasteiger partial charge >= 0.3 is 29.7 Å².